The van der Waals surface area contributed by atoms with Crippen LogP contribution in [0, 0.1) is 19.8 Å². The number of rotatable bonds is 4. The predicted octanol–water partition coefficient (Wildman–Crippen LogP) is 3.23. The van der Waals surface area contributed by atoms with E-state index >= 15 is 0 Å². The van der Waals surface area contributed by atoms with E-state index in [4.69, 9.17) is 0 Å². The molecule has 1 heterocycles. The van der Waals surface area contributed by atoms with Crippen LogP contribution in [0.15, 0.2) is 0 Å². The smallest absolute Gasteiger partial charge is 0.0928 e. The minimum absolute atomic E-state index is 0.323. The molecule has 1 aromatic rings. The van der Waals surface area contributed by atoms with Gasteiger partial charge >= 0.3 is 0 Å². The Hall–Kier alpha value is -0.410. The van der Waals surface area contributed by atoms with Crippen molar-refractivity contribution in [3.05, 3.63) is 15.6 Å². The van der Waals surface area contributed by atoms with E-state index in [2.05, 4.69) is 18.8 Å². The summed E-state index contributed by atoms with van der Waals surface area (Å²) >= 11 is 1.62. The molecule has 1 unspecified atom stereocenters. The molecule has 2 nitrogen and oxygen atoms in total. The third-order valence-corrected chi connectivity index (χ3v) is 3.85. The number of aromatic nitrogens is 1. The van der Waals surface area contributed by atoms with Crippen molar-refractivity contribution in [2.75, 3.05) is 0 Å². The van der Waals surface area contributed by atoms with Crippen molar-refractivity contribution in [1.29, 1.82) is 0 Å². The maximum absolute atomic E-state index is 10.1. The quantitative estimate of drug-likeness (QED) is 0.833. The van der Waals surface area contributed by atoms with Crippen molar-refractivity contribution in [3.8, 4) is 0 Å². The average Bonchev–Trinajstić information content (AvgIpc) is 2.47. The van der Waals surface area contributed by atoms with Crippen molar-refractivity contribution in [1.82, 2.24) is 4.98 Å². The molecule has 1 atom stereocenters. The molecule has 0 bridgehead atoms. The summed E-state index contributed by atoms with van der Waals surface area (Å²) in [4.78, 5) is 5.39. The lowest BCUT2D eigenvalue weighted by Crippen LogP contribution is -2.10. The molecule has 0 aliphatic heterocycles. The van der Waals surface area contributed by atoms with Crippen LogP contribution in [0.5, 0.6) is 0 Å². The van der Waals surface area contributed by atoms with Crippen LogP contribution in [0.25, 0.3) is 0 Å². The molecule has 0 saturated heterocycles. The predicted molar refractivity (Wildman–Crippen MR) is 60.6 cm³/mol. The van der Waals surface area contributed by atoms with E-state index in [9.17, 15) is 5.11 Å². The highest BCUT2D eigenvalue weighted by atomic mass is 32.1. The normalized spacial score (nSPS) is 13.6. The summed E-state index contributed by atoms with van der Waals surface area (Å²) in [6.45, 7) is 8.21. The van der Waals surface area contributed by atoms with Gasteiger partial charge in [-0.2, -0.15) is 0 Å². The van der Waals surface area contributed by atoms with Gasteiger partial charge in [-0.05, 0) is 19.8 Å². The largest absolute Gasteiger partial charge is 0.387 e. The fraction of sp³-hybridized carbons (Fsp3) is 0.727. The molecular weight excluding hydrogens is 194 g/mol. The van der Waals surface area contributed by atoms with Gasteiger partial charge in [0.25, 0.3) is 0 Å². The van der Waals surface area contributed by atoms with Gasteiger partial charge in [-0.3, -0.25) is 0 Å². The van der Waals surface area contributed by atoms with Crippen molar-refractivity contribution >= 4 is 11.3 Å². The van der Waals surface area contributed by atoms with Gasteiger partial charge in [0.1, 0.15) is 0 Å². The van der Waals surface area contributed by atoms with Gasteiger partial charge < -0.3 is 5.11 Å². The van der Waals surface area contributed by atoms with Gasteiger partial charge in [-0.1, -0.05) is 26.7 Å². The fourth-order valence-electron chi connectivity index (χ4n) is 1.77. The summed E-state index contributed by atoms with van der Waals surface area (Å²) in [5.41, 5.74) is 0.993. The number of thiazole rings is 1. The van der Waals surface area contributed by atoms with Crippen LogP contribution in [0.1, 0.15) is 48.4 Å². The Balaban J connectivity index is 2.87. The van der Waals surface area contributed by atoms with Gasteiger partial charge in [-0.25, -0.2) is 4.98 Å². The molecule has 0 spiro atoms. The van der Waals surface area contributed by atoms with E-state index in [-0.39, 0.29) is 6.10 Å². The first-order valence-corrected chi connectivity index (χ1v) is 6.03. The summed E-state index contributed by atoms with van der Waals surface area (Å²) in [5.74, 6) is 0.369. The van der Waals surface area contributed by atoms with Gasteiger partial charge in [0.05, 0.1) is 21.7 Å². The van der Waals surface area contributed by atoms with E-state index < -0.39 is 0 Å². The maximum Gasteiger partial charge on any atom is 0.0928 e. The van der Waals surface area contributed by atoms with E-state index in [0.29, 0.717) is 5.92 Å². The second kappa shape index (κ2) is 4.89. The van der Waals surface area contributed by atoms with Gasteiger partial charge in [0.2, 0.25) is 0 Å². The third kappa shape index (κ3) is 2.34. The lowest BCUT2D eigenvalue weighted by atomic mass is 9.95. The molecule has 3 heteroatoms. The van der Waals surface area contributed by atoms with Crippen LogP contribution in [0.2, 0.25) is 0 Å². The molecule has 1 N–H and O–H groups in total. The zero-order chi connectivity index (χ0) is 10.7. The molecule has 0 saturated carbocycles. The molecule has 1 rings (SSSR count). The molecule has 1 aromatic heterocycles. The van der Waals surface area contributed by atoms with Gasteiger partial charge in [0, 0.05) is 0 Å². The third-order valence-electron chi connectivity index (χ3n) is 2.70. The number of aliphatic hydroxyl groups is 1. The van der Waals surface area contributed by atoms with Crippen LogP contribution < -0.4 is 0 Å². The summed E-state index contributed by atoms with van der Waals surface area (Å²) < 4.78 is 0. The highest BCUT2D eigenvalue weighted by Crippen LogP contribution is 2.32. The minimum atomic E-state index is -0.323. The SMILES string of the molecule is CCC(CC)C(O)c1sc(C)nc1C. The summed E-state index contributed by atoms with van der Waals surface area (Å²) in [6, 6.07) is 0. The summed E-state index contributed by atoms with van der Waals surface area (Å²) in [7, 11) is 0. The zero-order valence-electron chi connectivity index (χ0n) is 9.37. The maximum atomic E-state index is 10.1. The number of hydrogen-bond acceptors (Lipinski definition) is 3. The van der Waals surface area contributed by atoms with Crippen molar-refractivity contribution in [2.45, 2.75) is 46.6 Å². The Labute approximate surface area is 90.0 Å². The van der Waals surface area contributed by atoms with E-state index in [0.717, 1.165) is 28.4 Å². The Kier molecular flexibility index (Phi) is 4.08. The average molecular weight is 213 g/mol. The first kappa shape index (κ1) is 11.7. The first-order valence-electron chi connectivity index (χ1n) is 5.22. The van der Waals surface area contributed by atoms with E-state index in [1.165, 1.54) is 0 Å². The second-order valence-electron chi connectivity index (χ2n) is 3.70. The highest BCUT2D eigenvalue weighted by Gasteiger charge is 2.21. The minimum Gasteiger partial charge on any atom is -0.387 e. The number of hydrogen-bond donors (Lipinski definition) is 1. The first-order chi connectivity index (χ1) is 6.60. The standard InChI is InChI=1S/C11H19NOS/c1-5-9(6-2)10(13)11-7(3)12-8(4)14-11/h9-10,13H,5-6H2,1-4H3. The summed E-state index contributed by atoms with van der Waals surface area (Å²) in [6.07, 6.45) is 1.72. The Bertz CT molecular complexity index is 291. The fourth-order valence-corrected chi connectivity index (χ4v) is 2.78. The molecule has 0 fully saturated rings. The van der Waals surface area contributed by atoms with Gasteiger partial charge in [-0.15, -0.1) is 11.3 Å². The molecule has 0 aliphatic carbocycles. The highest BCUT2D eigenvalue weighted by molar-refractivity contribution is 7.11. The van der Waals surface area contributed by atoms with Crippen molar-refractivity contribution in [3.63, 3.8) is 0 Å². The Morgan fingerprint density at radius 2 is 1.86 bits per heavy atom. The van der Waals surface area contributed by atoms with E-state index in [1.54, 1.807) is 11.3 Å². The van der Waals surface area contributed by atoms with Crippen molar-refractivity contribution in [2.24, 2.45) is 5.92 Å². The lowest BCUT2D eigenvalue weighted by molar-refractivity contribution is 0.106. The second-order valence-corrected chi connectivity index (χ2v) is 4.94. The van der Waals surface area contributed by atoms with Gasteiger partial charge in [0.15, 0.2) is 0 Å². The van der Waals surface area contributed by atoms with E-state index in [1.807, 2.05) is 13.8 Å². The van der Waals surface area contributed by atoms with Crippen LogP contribution in [-0.4, -0.2) is 10.1 Å². The number of nitrogens with zero attached hydrogens (tertiary/aromatic N) is 1. The monoisotopic (exact) mass is 213 g/mol. The molecule has 14 heavy (non-hydrogen) atoms. The summed E-state index contributed by atoms with van der Waals surface area (Å²) in [5, 5.41) is 11.2. The Morgan fingerprint density at radius 1 is 1.29 bits per heavy atom. The molecule has 80 valence electrons. The number of aryl methyl sites for hydroxylation is 2. The van der Waals surface area contributed by atoms with Crippen LogP contribution >= 0.6 is 11.3 Å². The van der Waals surface area contributed by atoms with Crippen LogP contribution in [0.3, 0.4) is 0 Å². The lowest BCUT2D eigenvalue weighted by Gasteiger charge is -2.18. The molecule has 0 aromatic carbocycles. The molecule has 0 radical (unpaired) electrons. The topological polar surface area (TPSA) is 33.1 Å². The molecule has 0 amide bonds. The molecular formula is C11H19NOS. The van der Waals surface area contributed by atoms with Crippen LogP contribution in [-0.2, 0) is 0 Å². The zero-order valence-corrected chi connectivity index (χ0v) is 10.2. The Morgan fingerprint density at radius 3 is 2.21 bits per heavy atom. The number of aliphatic hydroxyl groups excluding tert-OH is 1. The molecule has 0 aliphatic rings. The van der Waals surface area contributed by atoms with Crippen LogP contribution in [0.4, 0.5) is 0 Å². The van der Waals surface area contributed by atoms with Crippen molar-refractivity contribution < 1.29 is 5.11 Å².